The van der Waals surface area contributed by atoms with E-state index >= 15 is 0 Å². The number of rotatable bonds is 7. The Morgan fingerprint density at radius 3 is 2.52 bits per heavy atom. The third-order valence-corrected chi connectivity index (χ3v) is 3.80. The van der Waals surface area contributed by atoms with Crippen molar-refractivity contribution in [3.63, 3.8) is 0 Å². The van der Waals surface area contributed by atoms with Gasteiger partial charge in [-0.05, 0) is 42.5 Å². The summed E-state index contributed by atoms with van der Waals surface area (Å²) in [6.07, 6.45) is 2.52. The van der Waals surface area contributed by atoms with Crippen molar-refractivity contribution < 1.29 is 8.42 Å². The summed E-state index contributed by atoms with van der Waals surface area (Å²) in [6.45, 7) is 6.85. The van der Waals surface area contributed by atoms with Crippen LogP contribution in [0, 0.1) is 23.7 Å². The van der Waals surface area contributed by atoms with Gasteiger partial charge in [0, 0.05) is 18.7 Å². The Balaban J connectivity index is 2.70. The van der Waals surface area contributed by atoms with Crippen molar-refractivity contribution in [2.45, 2.75) is 33.6 Å². The molecule has 0 unspecified atom stereocenters. The highest BCUT2D eigenvalue weighted by Crippen LogP contribution is 2.25. The molecule has 5 nitrogen and oxygen atoms in total. The quantitative estimate of drug-likeness (QED) is 0.811. The number of benzene rings is 1. The van der Waals surface area contributed by atoms with E-state index in [0.717, 1.165) is 30.5 Å². The van der Waals surface area contributed by atoms with Crippen molar-refractivity contribution in [3.8, 4) is 6.07 Å². The number of nitrogens with zero attached hydrogens (tertiary/aromatic N) is 1. The summed E-state index contributed by atoms with van der Waals surface area (Å²) in [7, 11) is -3.26. The minimum Gasteiger partial charge on any atom is -0.384 e. The Bertz CT molecular complexity index is 631. The summed E-state index contributed by atoms with van der Waals surface area (Å²) in [5, 5.41) is 12.0. The van der Waals surface area contributed by atoms with Crippen LogP contribution in [0.1, 0.15) is 32.3 Å². The van der Waals surface area contributed by atoms with Crippen molar-refractivity contribution in [1.82, 2.24) is 0 Å². The second kappa shape index (κ2) is 6.81. The molecule has 0 heterocycles. The molecule has 0 fully saturated rings. The molecule has 0 bridgehead atoms. The fourth-order valence-electron chi connectivity index (χ4n) is 1.91. The van der Waals surface area contributed by atoms with E-state index in [4.69, 9.17) is 5.26 Å². The van der Waals surface area contributed by atoms with Crippen molar-refractivity contribution >= 4 is 21.4 Å². The van der Waals surface area contributed by atoms with Gasteiger partial charge in [0.1, 0.15) is 0 Å². The number of nitriles is 1. The van der Waals surface area contributed by atoms with Crippen molar-refractivity contribution in [2.75, 3.05) is 22.8 Å². The van der Waals surface area contributed by atoms with Gasteiger partial charge in [0.15, 0.2) is 0 Å². The van der Waals surface area contributed by atoms with E-state index in [1.54, 1.807) is 6.07 Å². The van der Waals surface area contributed by atoms with Gasteiger partial charge < -0.3 is 5.32 Å². The summed E-state index contributed by atoms with van der Waals surface area (Å²) in [5.41, 5.74) is 2.43. The average molecular weight is 309 g/mol. The fraction of sp³-hybridized carbons (Fsp3) is 0.533. The van der Waals surface area contributed by atoms with E-state index in [0.29, 0.717) is 12.1 Å². The molecule has 0 atom stereocenters. The van der Waals surface area contributed by atoms with E-state index in [2.05, 4.69) is 30.0 Å². The largest absolute Gasteiger partial charge is 0.384 e. The Hall–Kier alpha value is -1.74. The third-order valence-electron chi connectivity index (χ3n) is 3.21. The highest BCUT2D eigenvalue weighted by Gasteiger charge is 2.17. The second-order valence-corrected chi connectivity index (χ2v) is 7.83. The van der Waals surface area contributed by atoms with Crippen molar-refractivity contribution in [2.24, 2.45) is 5.41 Å². The van der Waals surface area contributed by atoms with E-state index in [1.807, 2.05) is 19.1 Å². The summed E-state index contributed by atoms with van der Waals surface area (Å²) < 4.78 is 25.0. The van der Waals surface area contributed by atoms with Gasteiger partial charge in [-0.3, -0.25) is 4.72 Å². The molecule has 0 saturated carbocycles. The van der Waals surface area contributed by atoms with Crippen LogP contribution in [0.15, 0.2) is 18.2 Å². The minimum atomic E-state index is -3.26. The van der Waals surface area contributed by atoms with Crippen molar-refractivity contribution in [1.29, 1.82) is 5.26 Å². The maximum absolute atomic E-state index is 11.2. The average Bonchev–Trinajstić information content (AvgIpc) is 2.36. The normalized spacial score (nSPS) is 11.8. The van der Waals surface area contributed by atoms with E-state index < -0.39 is 10.0 Å². The predicted octanol–water partition coefficient (Wildman–Crippen LogP) is 3.11. The van der Waals surface area contributed by atoms with E-state index in [9.17, 15) is 8.42 Å². The number of sulfonamides is 1. The molecule has 0 saturated heterocycles. The zero-order valence-electron chi connectivity index (χ0n) is 13.0. The molecule has 0 aliphatic heterocycles. The first-order valence-corrected chi connectivity index (χ1v) is 8.71. The first-order valence-electron chi connectivity index (χ1n) is 6.82. The van der Waals surface area contributed by atoms with Crippen LogP contribution in [-0.4, -0.2) is 21.2 Å². The second-order valence-electron chi connectivity index (χ2n) is 6.08. The summed E-state index contributed by atoms with van der Waals surface area (Å²) >= 11 is 0. The first kappa shape index (κ1) is 17.3. The van der Waals surface area contributed by atoms with Gasteiger partial charge in [0.25, 0.3) is 0 Å². The molecular weight excluding hydrogens is 286 g/mol. The molecule has 1 aromatic carbocycles. The summed E-state index contributed by atoms with van der Waals surface area (Å²) in [6, 6.07) is 7.68. The van der Waals surface area contributed by atoms with Gasteiger partial charge in [-0.15, -0.1) is 0 Å². The molecule has 0 radical (unpaired) electrons. The molecule has 0 aromatic heterocycles. The van der Waals surface area contributed by atoms with E-state index in [-0.39, 0.29) is 5.41 Å². The highest BCUT2D eigenvalue weighted by atomic mass is 32.2. The summed E-state index contributed by atoms with van der Waals surface area (Å²) in [5.74, 6) is 0. The molecule has 1 rings (SSSR count). The van der Waals surface area contributed by atoms with Crippen LogP contribution >= 0.6 is 0 Å². The molecule has 6 heteroatoms. The smallest absolute Gasteiger partial charge is 0.229 e. The Kier molecular flexibility index (Phi) is 5.62. The van der Waals surface area contributed by atoms with Crippen LogP contribution in [-0.2, 0) is 10.0 Å². The molecule has 0 aliphatic rings. The maximum Gasteiger partial charge on any atom is 0.229 e. The number of hydrogen-bond acceptors (Lipinski definition) is 4. The topological polar surface area (TPSA) is 82.0 Å². The van der Waals surface area contributed by atoms with Crippen LogP contribution in [0.25, 0.3) is 0 Å². The molecule has 21 heavy (non-hydrogen) atoms. The molecule has 1 aromatic rings. The van der Waals surface area contributed by atoms with Crippen LogP contribution < -0.4 is 10.0 Å². The lowest BCUT2D eigenvalue weighted by molar-refractivity contribution is 0.364. The van der Waals surface area contributed by atoms with Gasteiger partial charge in [0.05, 0.1) is 18.0 Å². The van der Waals surface area contributed by atoms with Crippen LogP contribution in [0.3, 0.4) is 0 Å². The monoisotopic (exact) mass is 309 g/mol. The van der Waals surface area contributed by atoms with E-state index in [1.165, 1.54) is 0 Å². The number of nitrogens with one attached hydrogen (secondary N) is 2. The minimum absolute atomic E-state index is 0.0350. The molecule has 0 amide bonds. The van der Waals surface area contributed by atoms with Gasteiger partial charge in [-0.2, -0.15) is 5.26 Å². The van der Waals surface area contributed by atoms with Gasteiger partial charge >= 0.3 is 0 Å². The SMILES string of the molecule is Cc1cc(NCC(C)(C)CCC#N)ccc1NS(C)(=O)=O. The fourth-order valence-corrected chi connectivity index (χ4v) is 2.54. The Morgan fingerprint density at radius 1 is 1.33 bits per heavy atom. The van der Waals surface area contributed by atoms with Crippen LogP contribution in [0.4, 0.5) is 11.4 Å². The lowest BCUT2D eigenvalue weighted by atomic mass is 9.88. The summed E-state index contributed by atoms with van der Waals surface area (Å²) in [4.78, 5) is 0. The lowest BCUT2D eigenvalue weighted by Gasteiger charge is -2.24. The molecule has 2 N–H and O–H groups in total. The number of aryl methyl sites for hydroxylation is 1. The van der Waals surface area contributed by atoms with Gasteiger partial charge in [-0.25, -0.2) is 8.42 Å². The van der Waals surface area contributed by atoms with Crippen LogP contribution in [0.2, 0.25) is 0 Å². The predicted molar refractivity (Wildman–Crippen MR) is 86.8 cm³/mol. The zero-order chi connectivity index (χ0) is 16.1. The number of hydrogen-bond donors (Lipinski definition) is 2. The number of anilines is 2. The maximum atomic E-state index is 11.2. The zero-order valence-corrected chi connectivity index (χ0v) is 13.8. The molecule has 0 aliphatic carbocycles. The Labute approximate surface area is 127 Å². The first-order chi connectivity index (χ1) is 9.63. The molecule has 0 spiro atoms. The molecule has 116 valence electrons. The third kappa shape index (κ3) is 6.50. The highest BCUT2D eigenvalue weighted by molar-refractivity contribution is 7.92. The van der Waals surface area contributed by atoms with Gasteiger partial charge in [0.2, 0.25) is 10.0 Å². The standard InChI is InChI=1S/C15H23N3O2S/c1-12-10-13(6-7-14(12)18-21(4,19)20)17-11-15(2,3)8-5-9-16/h6-7,10,17-18H,5,8,11H2,1-4H3. The van der Waals surface area contributed by atoms with Gasteiger partial charge in [-0.1, -0.05) is 13.8 Å². The lowest BCUT2D eigenvalue weighted by Crippen LogP contribution is -2.23. The Morgan fingerprint density at radius 2 is 2.00 bits per heavy atom. The molecular formula is C15H23N3O2S. The van der Waals surface area contributed by atoms with Crippen LogP contribution in [0.5, 0.6) is 0 Å². The van der Waals surface area contributed by atoms with Crippen molar-refractivity contribution in [3.05, 3.63) is 23.8 Å².